The summed E-state index contributed by atoms with van der Waals surface area (Å²) < 4.78 is 38.8. The monoisotopic (exact) mass is 301 g/mol. The maximum absolute atomic E-state index is 12.9. The number of rotatable bonds is 3. The fraction of sp³-hybridized carbons (Fsp3) is 0.562. The molecule has 1 aromatic rings. The van der Waals surface area contributed by atoms with Gasteiger partial charge in [-0.3, -0.25) is 4.79 Å². The highest BCUT2D eigenvalue weighted by molar-refractivity contribution is 5.96. The van der Waals surface area contributed by atoms with E-state index in [1.54, 1.807) is 0 Å². The quantitative estimate of drug-likeness (QED) is 0.865. The van der Waals surface area contributed by atoms with Gasteiger partial charge in [-0.1, -0.05) is 32.9 Å². The van der Waals surface area contributed by atoms with E-state index < -0.39 is 23.2 Å². The largest absolute Gasteiger partial charge is 0.417 e. The van der Waals surface area contributed by atoms with E-state index >= 15 is 0 Å². The third-order valence-electron chi connectivity index (χ3n) is 2.90. The molecule has 1 rings (SSSR count). The SMILES string of the molecule is CC(C)(C)CC(C)(C)NC(=O)c1ccccc1C(F)(F)F. The number of nitrogens with one attached hydrogen (secondary N) is 1. The molecule has 1 amide bonds. The molecule has 0 saturated heterocycles. The van der Waals surface area contributed by atoms with E-state index in [-0.39, 0.29) is 11.0 Å². The molecule has 2 nitrogen and oxygen atoms in total. The van der Waals surface area contributed by atoms with Crippen molar-refractivity contribution in [1.29, 1.82) is 0 Å². The second-order valence-corrected chi connectivity index (χ2v) is 7.12. The van der Waals surface area contributed by atoms with Crippen molar-refractivity contribution in [2.75, 3.05) is 0 Å². The first-order chi connectivity index (χ1) is 9.32. The summed E-state index contributed by atoms with van der Waals surface area (Å²) in [6.45, 7) is 9.68. The molecule has 0 aromatic heterocycles. The first kappa shape index (κ1) is 17.5. The van der Waals surface area contributed by atoms with Crippen molar-refractivity contribution < 1.29 is 18.0 Å². The van der Waals surface area contributed by atoms with Gasteiger partial charge in [0, 0.05) is 5.54 Å². The number of amides is 1. The molecule has 21 heavy (non-hydrogen) atoms. The molecule has 0 aliphatic rings. The van der Waals surface area contributed by atoms with Crippen molar-refractivity contribution in [3.05, 3.63) is 35.4 Å². The van der Waals surface area contributed by atoms with Gasteiger partial charge in [-0.15, -0.1) is 0 Å². The lowest BCUT2D eigenvalue weighted by molar-refractivity contribution is -0.138. The van der Waals surface area contributed by atoms with Gasteiger partial charge in [0.1, 0.15) is 0 Å². The lowest BCUT2D eigenvalue weighted by Crippen LogP contribution is -2.46. The molecule has 0 bridgehead atoms. The number of halogens is 3. The summed E-state index contributed by atoms with van der Waals surface area (Å²) in [4.78, 5) is 12.2. The Kier molecular flexibility index (Phi) is 4.76. The molecule has 0 atom stereocenters. The van der Waals surface area contributed by atoms with E-state index in [0.717, 1.165) is 6.07 Å². The highest BCUT2D eigenvalue weighted by Gasteiger charge is 2.36. The van der Waals surface area contributed by atoms with Gasteiger partial charge in [-0.05, 0) is 37.8 Å². The van der Waals surface area contributed by atoms with Crippen molar-refractivity contribution in [2.24, 2.45) is 5.41 Å². The number of hydrogen-bond donors (Lipinski definition) is 1. The first-order valence-electron chi connectivity index (χ1n) is 6.81. The lowest BCUT2D eigenvalue weighted by Gasteiger charge is -2.33. The van der Waals surface area contributed by atoms with Crippen LogP contribution in [0.5, 0.6) is 0 Å². The number of carbonyl (C=O) groups is 1. The molecule has 1 aromatic carbocycles. The summed E-state index contributed by atoms with van der Waals surface area (Å²) >= 11 is 0. The fourth-order valence-corrected chi connectivity index (χ4v) is 2.67. The summed E-state index contributed by atoms with van der Waals surface area (Å²) in [5.74, 6) is -0.697. The molecule has 118 valence electrons. The fourth-order valence-electron chi connectivity index (χ4n) is 2.67. The van der Waals surface area contributed by atoms with E-state index in [1.165, 1.54) is 18.2 Å². The van der Waals surface area contributed by atoms with Crippen molar-refractivity contribution in [1.82, 2.24) is 5.32 Å². The van der Waals surface area contributed by atoms with Crippen molar-refractivity contribution in [3.8, 4) is 0 Å². The van der Waals surface area contributed by atoms with Crippen LogP contribution < -0.4 is 5.32 Å². The third kappa shape index (κ3) is 5.40. The molecule has 0 unspecified atom stereocenters. The molecular weight excluding hydrogens is 279 g/mol. The lowest BCUT2D eigenvalue weighted by atomic mass is 9.81. The van der Waals surface area contributed by atoms with Gasteiger partial charge in [-0.25, -0.2) is 0 Å². The maximum Gasteiger partial charge on any atom is 0.417 e. The molecule has 0 radical (unpaired) electrons. The summed E-state index contributed by atoms with van der Waals surface area (Å²) in [5.41, 5.74) is -1.88. The summed E-state index contributed by atoms with van der Waals surface area (Å²) in [6, 6.07) is 4.83. The molecule has 0 fully saturated rings. The molecular formula is C16H22F3NO. The molecule has 0 aliphatic heterocycles. The molecule has 0 spiro atoms. The zero-order chi connectivity index (χ0) is 16.5. The second kappa shape index (κ2) is 5.70. The zero-order valence-corrected chi connectivity index (χ0v) is 13.1. The molecule has 0 heterocycles. The van der Waals surface area contributed by atoms with Gasteiger partial charge in [0.15, 0.2) is 0 Å². The Morgan fingerprint density at radius 3 is 2.05 bits per heavy atom. The van der Waals surface area contributed by atoms with Crippen molar-refractivity contribution in [2.45, 2.75) is 52.8 Å². The van der Waals surface area contributed by atoms with E-state index in [1.807, 2.05) is 34.6 Å². The van der Waals surface area contributed by atoms with E-state index in [0.29, 0.717) is 6.42 Å². The normalized spacial score (nSPS) is 13.1. The Bertz CT molecular complexity index is 513. The minimum absolute atomic E-state index is 0.0413. The predicted molar refractivity (Wildman–Crippen MR) is 77.1 cm³/mol. The van der Waals surface area contributed by atoms with Crippen LogP contribution in [0.1, 0.15) is 57.0 Å². The van der Waals surface area contributed by atoms with Crippen LogP contribution in [0.15, 0.2) is 24.3 Å². The first-order valence-corrected chi connectivity index (χ1v) is 6.81. The van der Waals surface area contributed by atoms with E-state index in [9.17, 15) is 18.0 Å². The van der Waals surface area contributed by atoms with Gasteiger partial charge in [0.05, 0.1) is 11.1 Å². The van der Waals surface area contributed by atoms with Gasteiger partial charge < -0.3 is 5.32 Å². The average molecular weight is 301 g/mol. The van der Waals surface area contributed by atoms with Crippen LogP contribution in [0, 0.1) is 5.41 Å². The van der Waals surface area contributed by atoms with E-state index in [2.05, 4.69) is 5.32 Å². The number of benzene rings is 1. The van der Waals surface area contributed by atoms with Crippen LogP contribution >= 0.6 is 0 Å². The van der Waals surface area contributed by atoms with Crippen LogP contribution in [-0.2, 0) is 6.18 Å². The smallest absolute Gasteiger partial charge is 0.347 e. The van der Waals surface area contributed by atoms with Gasteiger partial charge in [0.25, 0.3) is 5.91 Å². The van der Waals surface area contributed by atoms with Crippen LogP contribution in [0.4, 0.5) is 13.2 Å². The Labute approximate surface area is 123 Å². The van der Waals surface area contributed by atoms with Crippen molar-refractivity contribution in [3.63, 3.8) is 0 Å². The Balaban J connectivity index is 3.01. The van der Waals surface area contributed by atoms with Gasteiger partial charge in [-0.2, -0.15) is 13.2 Å². The van der Waals surface area contributed by atoms with Gasteiger partial charge >= 0.3 is 6.18 Å². The number of alkyl halides is 3. The van der Waals surface area contributed by atoms with Gasteiger partial charge in [0.2, 0.25) is 0 Å². The maximum atomic E-state index is 12.9. The third-order valence-corrected chi connectivity index (χ3v) is 2.90. The standard InChI is InChI=1S/C16H22F3NO/c1-14(2,3)10-15(4,5)20-13(21)11-8-6-7-9-12(11)16(17,18)19/h6-9H,10H2,1-5H3,(H,20,21). The summed E-state index contributed by atoms with van der Waals surface area (Å²) in [5, 5.41) is 2.70. The number of hydrogen-bond acceptors (Lipinski definition) is 1. The summed E-state index contributed by atoms with van der Waals surface area (Å²) in [6.07, 6.45) is -3.89. The molecule has 0 aliphatic carbocycles. The number of carbonyl (C=O) groups excluding carboxylic acids is 1. The highest BCUT2D eigenvalue weighted by atomic mass is 19.4. The zero-order valence-electron chi connectivity index (χ0n) is 13.1. The van der Waals surface area contributed by atoms with E-state index in [4.69, 9.17) is 0 Å². The summed E-state index contributed by atoms with van der Waals surface area (Å²) in [7, 11) is 0. The molecule has 1 N–H and O–H groups in total. The predicted octanol–water partition coefficient (Wildman–Crippen LogP) is 4.65. The topological polar surface area (TPSA) is 29.1 Å². The van der Waals surface area contributed by atoms with Crippen LogP contribution in [-0.4, -0.2) is 11.4 Å². The minimum atomic E-state index is -4.54. The highest BCUT2D eigenvalue weighted by Crippen LogP contribution is 2.32. The van der Waals surface area contributed by atoms with Crippen molar-refractivity contribution >= 4 is 5.91 Å². The molecule has 0 saturated carbocycles. The molecule has 5 heteroatoms. The Morgan fingerprint density at radius 1 is 1.05 bits per heavy atom. The van der Waals surface area contributed by atoms with Crippen LogP contribution in [0.25, 0.3) is 0 Å². The second-order valence-electron chi connectivity index (χ2n) is 7.12. The minimum Gasteiger partial charge on any atom is -0.347 e. The average Bonchev–Trinajstić information content (AvgIpc) is 2.23. The Hall–Kier alpha value is -1.52. The van der Waals surface area contributed by atoms with Crippen LogP contribution in [0.2, 0.25) is 0 Å². The van der Waals surface area contributed by atoms with Crippen LogP contribution in [0.3, 0.4) is 0 Å². The Morgan fingerprint density at radius 2 is 1.57 bits per heavy atom.